The molecule has 0 unspecified atom stereocenters. The molecule has 0 radical (unpaired) electrons. The van der Waals surface area contributed by atoms with Crippen LogP contribution in [0.2, 0.25) is 0 Å². The lowest BCUT2D eigenvalue weighted by Crippen LogP contribution is -2.39. The predicted octanol–water partition coefficient (Wildman–Crippen LogP) is -0.919. The van der Waals surface area contributed by atoms with Crippen molar-refractivity contribution >= 4 is 5.69 Å². The molecule has 1 aromatic heterocycles. The van der Waals surface area contributed by atoms with E-state index in [4.69, 9.17) is 9.94 Å². The smallest absolute Gasteiger partial charge is 0.383 e. The highest BCUT2D eigenvalue weighted by molar-refractivity contribution is 5.39. The van der Waals surface area contributed by atoms with Gasteiger partial charge in [-0.25, -0.2) is 9.89 Å². The number of aromatic hydroxyl groups is 1. The first-order valence-corrected chi connectivity index (χ1v) is 5.85. The van der Waals surface area contributed by atoms with Crippen LogP contribution in [-0.4, -0.2) is 62.8 Å². The van der Waals surface area contributed by atoms with Crippen LogP contribution in [0.1, 0.15) is 0 Å². The fraction of sp³-hybridized carbons (Fsp3) is 0.600. The highest BCUT2D eigenvalue weighted by atomic mass is 16.6. The van der Waals surface area contributed by atoms with Gasteiger partial charge in [-0.1, -0.05) is 0 Å². The van der Waals surface area contributed by atoms with Crippen molar-refractivity contribution in [3.8, 4) is 5.75 Å². The number of nitrogens with zero attached hydrogens (tertiary/aromatic N) is 4. The quantitative estimate of drug-likeness (QED) is 0.682. The average molecular weight is 271 g/mol. The van der Waals surface area contributed by atoms with Gasteiger partial charge in [-0.15, -0.1) is 0 Å². The van der Waals surface area contributed by atoms with Crippen LogP contribution in [0.15, 0.2) is 11.0 Å². The second-order valence-electron chi connectivity index (χ2n) is 4.13. The van der Waals surface area contributed by atoms with Crippen LogP contribution >= 0.6 is 0 Å². The lowest BCUT2D eigenvalue weighted by molar-refractivity contribution is -0.730. The monoisotopic (exact) mass is 271 g/mol. The normalized spacial score (nSPS) is 16.4. The molecule has 2 rings (SSSR count). The zero-order valence-corrected chi connectivity index (χ0v) is 10.2. The Balaban J connectivity index is 2.06. The van der Waals surface area contributed by atoms with Crippen molar-refractivity contribution in [1.29, 1.82) is 0 Å². The van der Waals surface area contributed by atoms with E-state index in [9.17, 15) is 14.8 Å². The van der Waals surface area contributed by atoms with E-state index < -0.39 is 21.9 Å². The van der Waals surface area contributed by atoms with Gasteiger partial charge in [-0.2, -0.15) is 5.10 Å². The third kappa shape index (κ3) is 3.06. The molecule has 1 saturated heterocycles. The number of hydrogen-bond acceptors (Lipinski definition) is 6. The lowest BCUT2D eigenvalue weighted by atomic mass is 10.4. The van der Waals surface area contributed by atoms with Gasteiger partial charge in [-0.3, -0.25) is 9.69 Å². The Bertz CT molecular complexity index is 523. The molecule has 0 aliphatic carbocycles. The fourth-order valence-corrected chi connectivity index (χ4v) is 1.83. The van der Waals surface area contributed by atoms with Crippen LogP contribution in [0.25, 0.3) is 0 Å². The first-order valence-electron chi connectivity index (χ1n) is 5.85. The summed E-state index contributed by atoms with van der Waals surface area (Å²) in [7, 11) is 0. The summed E-state index contributed by atoms with van der Waals surface area (Å²) in [5.74, 6) is -0.811. The zero-order valence-electron chi connectivity index (χ0n) is 10.2. The Morgan fingerprint density at radius 1 is 1.37 bits per heavy atom. The summed E-state index contributed by atoms with van der Waals surface area (Å²) in [4.78, 5) is 23.9. The summed E-state index contributed by atoms with van der Waals surface area (Å²) >= 11 is 0. The Kier molecular flexibility index (Phi) is 4.07. The van der Waals surface area contributed by atoms with Gasteiger partial charge < -0.3 is 9.84 Å². The van der Waals surface area contributed by atoms with E-state index in [1.165, 1.54) is 0 Å². The molecule has 0 aromatic carbocycles. The first-order chi connectivity index (χ1) is 9.09. The SMILES string of the molecule is O=c1c(O)c([N+](=O)O)cnn1CCN1CCOCC1. The number of hydrogen-bond donors (Lipinski definition) is 2. The standard InChI is InChI=1S/C10H14N4O5/c15-9-8(14(17)18)7-11-13(10(9)16)2-1-12-3-5-19-6-4-12/h7H,1-6H2,(H-,11,15,17,18)/p+1. The van der Waals surface area contributed by atoms with Gasteiger partial charge in [0.25, 0.3) is 10.7 Å². The summed E-state index contributed by atoms with van der Waals surface area (Å²) in [5.41, 5.74) is -1.37. The highest BCUT2D eigenvalue weighted by Gasteiger charge is 2.24. The van der Waals surface area contributed by atoms with E-state index in [0.29, 0.717) is 19.8 Å². The van der Waals surface area contributed by atoms with Gasteiger partial charge in [0.2, 0.25) is 0 Å². The predicted molar refractivity (Wildman–Crippen MR) is 62.5 cm³/mol. The molecule has 1 aliphatic rings. The van der Waals surface area contributed by atoms with Crippen molar-refractivity contribution in [3.63, 3.8) is 0 Å². The van der Waals surface area contributed by atoms with E-state index in [1.54, 1.807) is 0 Å². The van der Waals surface area contributed by atoms with E-state index >= 15 is 0 Å². The molecule has 104 valence electrons. The lowest BCUT2D eigenvalue weighted by Gasteiger charge is -2.26. The topological polar surface area (TPSA) is 108 Å². The van der Waals surface area contributed by atoms with Crippen LogP contribution < -0.4 is 5.56 Å². The van der Waals surface area contributed by atoms with Crippen molar-refractivity contribution in [3.05, 3.63) is 21.5 Å². The van der Waals surface area contributed by atoms with Crippen molar-refractivity contribution in [2.24, 2.45) is 0 Å². The van der Waals surface area contributed by atoms with E-state index in [1.807, 2.05) is 0 Å². The second-order valence-corrected chi connectivity index (χ2v) is 4.13. The maximum Gasteiger partial charge on any atom is 0.383 e. The van der Waals surface area contributed by atoms with Crippen molar-refractivity contribution in [1.82, 2.24) is 14.7 Å². The molecule has 2 N–H and O–H groups in total. The summed E-state index contributed by atoms with van der Waals surface area (Å²) in [6.45, 7) is 3.75. The maximum atomic E-state index is 11.7. The number of ether oxygens (including phenoxy) is 1. The summed E-state index contributed by atoms with van der Waals surface area (Å²) in [6, 6.07) is 0. The molecule has 1 aliphatic heterocycles. The molecule has 19 heavy (non-hydrogen) atoms. The molecule has 9 nitrogen and oxygen atoms in total. The minimum Gasteiger partial charge on any atom is -0.498 e. The van der Waals surface area contributed by atoms with Crippen molar-refractivity contribution in [2.75, 3.05) is 32.8 Å². The summed E-state index contributed by atoms with van der Waals surface area (Å²) in [5, 5.41) is 21.9. The summed E-state index contributed by atoms with van der Waals surface area (Å²) < 4.78 is 6.26. The Labute approximate surface area is 108 Å². The molecular formula is C10H15N4O5+. The van der Waals surface area contributed by atoms with Gasteiger partial charge in [0, 0.05) is 19.6 Å². The van der Waals surface area contributed by atoms with Gasteiger partial charge in [0.15, 0.2) is 0 Å². The Morgan fingerprint density at radius 3 is 2.68 bits per heavy atom. The van der Waals surface area contributed by atoms with Gasteiger partial charge in [0.1, 0.15) is 6.20 Å². The van der Waals surface area contributed by atoms with E-state index in [-0.39, 0.29) is 6.54 Å². The number of morpholine rings is 1. The summed E-state index contributed by atoms with van der Waals surface area (Å²) in [6.07, 6.45) is 0.947. The van der Waals surface area contributed by atoms with Crippen LogP contribution in [-0.2, 0) is 11.3 Å². The second kappa shape index (κ2) is 5.76. The van der Waals surface area contributed by atoms with E-state index in [0.717, 1.165) is 24.0 Å². The molecule has 2 heterocycles. The molecule has 1 fully saturated rings. The van der Waals surface area contributed by atoms with Crippen LogP contribution in [0.3, 0.4) is 0 Å². The molecule has 9 heteroatoms. The Morgan fingerprint density at radius 2 is 2.05 bits per heavy atom. The zero-order chi connectivity index (χ0) is 13.8. The Hall–Kier alpha value is -2.00. The molecule has 0 amide bonds. The van der Waals surface area contributed by atoms with Crippen LogP contribution in [0.5, 0.6) is 5.75 Å². The van der Waals surface area contributed by atoms with Crippen LogP contribution in [0.4, 0.5) is 5.69 Å². The van der Waals surface area contributed by atoms with Crippen molar-refractivity contribution in [2.45, 2.75) is 6.54 Å². The highest BCUT2D eigenvalue weighted by Crippen LogP contribution is 2.17. The minimum absolute atomic E-state index is 0.289. The molecule has 0 saturated carbocycles. The third-order valence-electron chi connectivity index (χ3n) is 2.94. The van der Waals surface area contributed by atoms with Gasteiger partial charge in [0.05, 0.1) is 24.7 Å². The first kappa shape index (κ1) is 13.4. The molecule has 1 aromatic rings. The molecular weight excluding hydrogens is 256 g/mol. The maximum absolute atomic E-state index is 11.7. The van der Waals surface area contributed by atoms with Crippen molar-refractivity contribution < 1.29 is 20.0 Å². The third-order valence-corrected chi connectivity index (χ3v) is 2.94. The van der Waals surface area contributed by atoms with E-state index in [2.05, 4.69) is 10.00 Å². The van der Waals surface area contributed by atoms with Gasteiger partial charge >= 0.3 is 11.2 Å². The fourth-order valence-electron chi connectivity index (χ4n) is 1.83. The molecule has 0 atom stereocenters. The number of rotatable bonds is 4. The molecule has 0 bridgehead atoms. The number of aromatic nitrogens is 2. The van der Waals surface area contributed by atoms with Gasteiger partial charge in [-0.05, 0) is 0 Å². The van der Waals surface area contributed by atoms with Crippen LogP contribution in [0, 0.1) is 4.91 Å². The largest absolute Gasteiger partial charge is 0.498 e. The minimum atomic E-state index is -0.811. The molecule has 0 spiro atoms. The average Bonchev–Trinajstić information content (AvgIpc) is 2.41.